The molecule has 0 spiro atoms. The van der Waals surface area contributed by atoms with Gasteiger partial charge in [0.25, 0.3) is 0 Å². The minimum atomic E-state index is -0.686. The fourth-order valence-electron chi connectivity index (χ4n) is 0.297. The molecule has 0 bridgehead atoms. The van der Waals surface area contributed by atoms with Crippen LogP contribution in [0.4, 0.5) is 0 Å². The molecule has 4 N–H and O–H groups in total. The summed E-state index contributed by atoms with van der Waals surface area (Å²) in [6.07, 6.45) is -0.157. The van der Waals surface area contributed by atoms with Crippen molar-refractivity contribution in [2.24, 2.45) is 11.5 Å². The van der Waals surface area contributed by atoms with E-state index in [1.165, 1.54) is 27.7 Å². The number of carbonyl (C=O) groups excluding carboxylic acids is 4. The van der Waals surface area contributed by atoms with Crippen molar-refractivity contribution in [3.8, 4) is 0 Å². The molecule has 2 amide bonds. The van der Waals surface area contributed by atoms with E-state index >= 15 is 0 Å². The predicted molar refractivity (Wildman–Crippen MR) is 64.9 cm³/mol. The monoisotopic (exact) mass is 244 g/mol. The number of hydrogen-bond donors (Lipinski definition) is 2. The summed E-state index contributed by atoms with van der Waals surface area (Å²) in [4.78, 5) is 39.1. The van der Waals surface area contributed by atoms with E-state index in [0.29, 0.717) is 0 Å². The van der Waals surface area contributed by atoms with Gasteiger partial charge in [0, 0.05) is 5.57 Å². The maximum Gasteiger partial charge on any atom is 0.244 e. The SMILES string of the molecule is C=C(CC(N)=O)C(N)=O.CC(C)=O.CC(C)=O. The van der Waals surface area contributed by atoms with Gasteiger partial charge in [-0.2, -0.15) is 0 Å². The average molecular weight is 244 g/mol. The summed E-state index contributed by atoms with van der Waals surface area (Å²) >= 11 is 0. The third-order valence-electron chi connectivity index (χ3n) is 0.736. The lowest BCUT2D eigenvalue weighted by Gasteiger charge is -1.93. The Hall–Kier alpha value is -1.98. The maximum absolute atomic E-state index is 10.1. The van der Waals surface area contributed by atoms with Crippen LogP contribution in [-0.2, 0) is 19.2 Å². The van der Waals surface area contributed by atoms with E-state index in [9.17, 15) is 19.2 Å². The topological polar surface area (TPSA) is 120 Å². The van der Waals surface area contributed by atoms with Crippen molar-refractivity contribution < 1.29 is 19.2 Å². The fraction of sp³-hybridized carbons (Fsp3) is 0.455. The minimum Gasteiger partial charge on any atom is -0.369 e. The predicted octanol–water partition coefficient (Wildman–Crippen LogP) is 0.0939. The molecule has 0 fully saturated rings. The van der Waals surface area contributed by atoms with Crippen LogP contribution in [0.25, 0.3) is 0 Å². The van der Waals surface area contributed by atoms with Gasteiger partial charge in [0.2, 0.25) is 11.8 Å². The summed E-state index contributed by atoms with van der Waals surface area (Å²) in [5, 5.41) is 0. The first-order valence-electron chi connectivity index (χ1n) is 4.70. The lowest BCUT2D eigenvalue weighted by atomic mass is 10.2. The highest BCUT2D eigenvalue weighted by atomic mass is 16.2. The van der Waals surface area contributed by atoms with Crippen LogP contribution in [0.2, 0.25) is 0 Å². The second-order valence-electron chi connectivity index (χ2n) is 3.43. The molecular weight excluding hydrogens is 224 g/mol. The summed E-state index contributed by atoms with van der Waals surface area (Å²) in [6, 6.07) is 0. The van der Waals surface area contributed by atoms with Crippen LogP contribution in [-0.4, -0.2) is 23.4 Å². The number of nitrogens with two attached hydrogens (primary N) is 2. The van der Waals surface area contributed by atoms with Gasteiger partial charge >= 0.3 is 0 Å². The zero-order chi connectivity index (χ0) is 14.6. The molecule has 0 aromatic carbocycles. The quantitative estimate of drug-likeness (QED) is 0.683. The van der Waals surface area contributed by atoms with Crippen molar-refractivity contribution in [1.29, 1.82) is 0 Å². The summed E-state index contributed by atoms with van der Waals surface area (Å²) < 4.78 is 0. The molecule has 0 aliphatic rings. The molecule has 0 aliphatic heterocycles. The Kier molecular flexibility index (Phi) is 14.5. The van der Waals surface area contributed by atoms with Gasteiger partial charge in [0.15, 0.2) is 0 Å². The van der Waals surface area contributed by atoms with Gasteiger partial charge in [-0.05, 0) is 27.7 Å². The molecule has 6 heteroatoms. The van der Waals surface area contributed by atoms with Gasteiger partial charge in [-0.1, -0.05) is 6.58 Å². The highest BCUT2D eigenvalue weighted by Crippen LogP contribution is 1.92. The molecule has 0 aliphatic carbocycles. The van der Waals surface area contributed by atoms with E-state index < -0.39 is 11.8 Å². The first-order valence-corrected chi connectivity index (χ1v) is 4.70. The third-order valence-corrected chi connectivity index (χ3v) is 0.736. The molecule has 0 radical (unpaired) electrons. The van der Waals surface area contributed by atoms with Crippen molar-refractivity contribution in [1.82, 2.24) is 0 Å². The molecule has 0 heterocycles. The normalized spacial score (nSPS) is 7.53. The first-order chi connectivity index (χ1) is 7.50. The van der Waals surface area contributed by atoms with Crippen LogP contribution >= 0.6 is 0 Å². The molecule has 0 atom stereocenters. The maximum atomic E-state index is 10.1. The largest absolute Gasteiger partial charge is 0.369 e. The third kappa shape index (κ3) is 55.9. The van der Waals surface area contributed by atoms with Gasteiger partial charge in [0.05, 0.1) is 6.42 Å². The van der Waals surface area contributed by atoms with Crippen molar-refractivity contribution in [3.63, 3.8) is 0 Å². The molecule has 6 nitrogen and oxygen atoms in total. The van der Waals surface area contributed by atoms with Gasteiger partial charge in [-0.15, -0.1) is 0 Å². The molecule has 17 heavy (non-hydrogen) atoms. The smallest absolute Gasteiger partial charge is 0.244 e. The van der Waals surface area contributed by atoms with Crippen LogP contribution in [0, 0.1) is 0 Å². The molecule has 0 saturated carbocycles. The minimum absolute atomic E-state index is 0.0440. The van der Waals surface area contributed by atoms with E-state index in [2.05, 4.69) is 6.58 Å². The highest BCUT2D eigenvalue weighted by Gasteiger charge is 2.03. The number of amides is 2. The number of hydrogen-bond acceptors (Lipinski definition) is 4. The van der Waals surface area contributed by atoms with Crippen LogP contribution < -0.4 is 11.5 Å². The van der Waals surface area contributed by atoms with E-state index in [0.717, 1.165) is 0 Å². The molecule has 0 unspecified atom stereocenters. The lowest BCUT2D eigenvalue weighted by Crippen LogP contribution is -2.19. The van der Waals surface area contributed by atoms with Crippen molar-refractivity contribution in [2.75, 3.05) is 0 Å². The Labute approximate surface area is 101 Å². The molecule has 0 aromatic heterocycles. The number of primary amides is 2. The standard InChI is InChI=1S/C5H8N2O2.2C3H6O/c1-3(5(7)9)2-4(6)8;2*1-3(2)4/h1-2H2,(H2,6,8)(H2,7,9);2*1-2H3. The van der Waals surface area contributed by atoms with Gasteiger partial charge in [-0.3, -0.25) is 9.59 Å². The van der Waals surface area contributed by atoms with Crippen molar-refractivity contribution in [3.05, 3.63) is 12.2 Å². The Morgan fingerprint density at radius 2 is 1.12 bits per heavy atom. The number of ketones is 2. The highest BCUT2D eigenvalue weighted by molar-refractivity contribution is 5.96. The van der Waals surface area contributed by atoms with Crippen LogP contribution in [0.15, 0.2) is 12.2 Å². The summed E-state index contributed by atoms with van der Waals surface area (Å²) in [6.45, 7) is 9.33. The number of carbonyl (C=O) groups is 4. The average Bonchev–Trinajstić information content (AvgIpc) is 1.99. The van der Waals surface area contributed by atoms with Crippen molar-refractivity contribution >= 4 is 23.4 Å². The van der Waals surface area contributed by atoms with Crippen LogP contribution in [0.3, 0.4) is 0 Å². The molecule has 98 valence electrons. The Morgan fingerprint density at radius 1 is 0.882 bits per heavy atom. The zero-order valence-electron chi connectivity index (χ0n) is 10.7. The van der Waals surface area contributed by atoms with Gasteiger partial charge in [0.1, 0.15) is 11.6 Å². The Morgan fingerprint density at radius 3 is 1.18 bits per heavy atom. The van der Waals surface area contributed by atoms with Gasteiger partial charge < -0.3 is 21.1 Å². The second-order valence-corrected chi connectivity index (χ2v) is 3.43. The van der Waals surface area contributed by atoms with Crippen LogP contribution in [0.5, 0.6) is 0 Å². The Balaban J connectivity index is -0.000000205. The summed E-state index contributed by atoms with van der Waals surface area (Å²) in [5.74, 6) is -0.951. The summed E-state index contributed by atoms with van der Waals surface area (Å²) in [7, 11) is 0. The summed E-state index contributed by atoms with van der Waals surface area (Å²) in [5.41, 5.74) is 9.51. The molecule has 0 saturated heterocycles. The lowest BCUT2D eigenvalue weighted by molar-refractivity contribution is -0.120. The van der Waals surface area contributed by atoms with Crippen LogP contribution in [0.1, 0.15) is 34.1 Å². The Bertz CT molecular complexity index is 289. The molecule has 0 aromatic rings. The van der Waals surface area contributed by atoms with Gasteiger partial charge in [-0.25, -0.2) is 0 Å². The van der Waals surface area contributed by atoms with Crippen molar-refractivity contribution in [2.45, 2.75) is 34.1 Å². The van der Waals surface area contributed by atoms with E-state index in [-0.39, 0.29) is 23.6 Å². The molecular formula is C11H20N2O4. The van der Waals surface area contributed by atoms with E-state index in [1.54, 1.807) is 0 Å². The first kappa shape index (κ1) is 20.4. The number of Topliss-reactive ketones (excluding diaryl/α,β-unsaturated/α-hetero) is 2. The fourth-order valence-corrected chi connectivity index (χ4v) is 0.297. The van der Waals surface area contributed by atoms with E-state index in [1.807, 2.05) is 0 Å². The van der Waals surface area contributed by atoms with E-state index in [4.69, 9.17) is 11.5 Å². The zero-order valence-corrected chi connectivity index (χ0v) is 10.7. The molecule has 0 rings (SSSR count). The number of rotatable bonds is 3. The second kappa shape index (κ2) is 12.1.